The van der Waals surface area contributed by atoms with Gasteiger partial charge in [0, 0.05) is 26.0 Å². The molecule has 9 heteroatoms. The highest BCUT2D eigenvalue weighted by molar-refractivity contribution is 5.80. The Kier molecular flexibility index (Phi) is 12.5. The van der Waals surface area contributed by atoms with Gasteiger partial charge in [-0.1, -0.05) is 27.7 Å². The van der Waals surface area contributed by atoms with E-state index in [-0.39, 0.29) is 49.3 Å². The van der Waals surface area contributed by atoms with Crippen LogP contribution < -0.4 is 10.6 Å². The first-order chi connectivity index (χ1) is 12.9. The van der Waals surface area contributed by atoms with E-state index in [1.54, 1.807) is 6.92 Å². The Morgan fingerprint density at radius 2 is 1.57 bits per heavy atom. The van der Waals surface area contributed by atoms with Crippen molar-refractivity contribution in [2.45, 2.75) is 77.8 Å². The quantitative estimate of drug-likeness (QED) is 0.226. The van der Waals surface area contributed by atoms with Crippen molar-refractivity contribution < 1.29 is 34.8 Å². The number of hydrogen-bond acceptors (Lipinski definition) is 7. The van der Waals surface area contributed by atoms with Gasteiger partial charge in [0.25, 0.3) is 0 Å². The van der Waals surface area contributed by atoms with E-state index in [2.05, 4.69) is 10.6 Å². The van der Waals surface area contributed by atoms with Gasteiger partial charge in [0.15, 0.2) is 0 Å². The summed E-state index contributed by atoms with van der Waals surface area (Å²) in [5, 5.41) is 44.1. The van der Waals surface area contributed by atoms with Crippen LogP contribution >= 0.6 is 0 Å². The lowest BCUT2D eigenvalue weighted by molar-refractivity contribution is -0.128. The van der Waals surface area contributed by atoms with Crippen LogP contribution in [0.2, 0.25) is 0 Å². The number of aliphatic hydroxyl groups excluding tert-OH is 4. The number of rotatable bonds is 13. The SMILES string of the molecule is CCC(O)C(O)C(O)C(O)CNC(=O)CCC(CC(C)(C)C)C(=O)NCOC. The molecule has 0 aromatic rings. The molecule has 0 heterocycles. The van der Waals surface area contributed by atoms with Crippen molar-refractivity contribution in [2.75, 3.05) is 20.4 Å². The summed E-state index contributed by atoms with van der Waals surface area (Å²) in [7, 11) is 1.47. The number of carbonyl (C=O) groups excluding carboxylic acids is 2. The highest BCUT2D eigenvalue weighted by Crippen LogP contribution is 2.27. The minimum atomic E-state index is -1.58. The van der Waals surface area contributed by atoms with E-state index in [0.717, 1.165) is 0 Å². The maximum atomic E-state index is 12.3. The number of aliphatic hydroxyl groups is 4. The van der Waals surface area contributed by atoms with Crippen molar-refractivity contribution in [3.8, 4) is 0 Å². The molecule has 0 spiro atoms. The molecular formula is C19H38N2O7. The summed E-state index contributed by atoms with van der Waals surface area (Å²) in [4.78, 5) is 24.3. The number of ether oxygens (including phenoxy) is 1. The summed E-state index contributed by atoms with van der Waals surface area (Å²) in [6.07, 6.45) is -4.45. The third kappa shape index (κ3) is 10.9. The summed E-state index contributed by atoms with van der Waals surface area (Å²) in [5.74, 6) is -0.926. The molecule has 0 aliphatic heterocycles. The van der Waals surface area contributed by atoms with E-state index in [1.807, 2.05) is 20.8 Å². The zero-order valence-electron chi connectivity index (χ0n) is 17.6. The van der Waals surface area contributed by atoms with Gasteiger partial charge in [-0.05, 0) is 24.7 Å². The molecule has 0 aromatic heterocycles. The van der Waals surface area contributed by atoms with Crippen molar-refractivity contribution in [1.29, 1.82) is 0 Å². The Hall–Kier alpha value is -1.26. The summed E-state index contributed by atoms with van der Waals surface area (Å²) in [6, 6.07) is 0. The summed E-state index contributed by atoms with van der Waals surface area (Å²) in [5.41, 5.74) is -0.0951. The van der Waals surface area contributed by atoms with E-state index in [0.29, 0.717) is 12.8 Å². The van der Waals surface area contributed by atoms with E-state index in [4.69, 9.17) is 4.74 Å². The second-order valence-electron chi connectivity index (χ2n) is 8.30. The zero-order chi connectivity index (χ0) is 21.9. The van der Waals surface area contributed by atoms with Gasteiger partial charge in [-0.2, -0.15) is 0 Å². The fraction of sp³-hybridized carbons (Fsp3) is 0.895. The van der Waals surface area contributed by atoms with Gasteiger partial charge >= 0.3 is 0 Å². The maximum Gasteiger partial charge on any atom is 0.224 e. The molecule has 5 unspecified atom stereocenters. The number of hydrogen-bond donors (Lipinski definition) is 6. The molecule has 0 saturated heterocycles. The van der Waals surface area contributed by atoms with Gasteiger partial charge in [-0.3, -0.25) is 9.59 Å². The van der Waals surface area contributed by atoms with Crippen LogP contribution in [0.3, 0.4) is 0 Å². The fourth-order valence-corrected chi connectivity index (χ4v) is 2.78. The largest absolute Gasteiger partial charge is 0.390 e. The molecule has 5 atom stereocenters. The van der Waals surface area contributed by atoms with Gasteiger partial charge in [0.05, 0.1) is 12.2 Å². The number of carbonyl (C=O) groups is 2. The number of nitrogens with one attached hydrogen (secondary N) is 2. The zero-order valence-corrected chi connectivity index (χ0v) is 17.6. The van der Waals surface area contributed by atoms with Gasteiger partial charge in [-0.15, -0.1) is 0 Å². The van der Waals surface area contributed by atoms with Crippen molar-refractivity contribution in [1.82, 2.24) is 10.6 Å². The molecule has 0 radical (unpaired) electrons. The van der Waals surface area contributed by atoms with E-state index in [1.165, 1.54) is 7.11 Å². The molecule has 166 valence electrons. The minimum absolute atomic E-state index is 0.0735. The fourth-order valence-electron chi connectivity index (χ4n) is 2.78. The van der Waals surface area contributed by atoms with Crippen LogP contribution in [0.4, 0.5) is 0 Å². The summed E-state index contributed by atoms with van der Waals surface area (Å²) in [6.45, 7) is 7.49. The highest BCUT2D eigenvalue weighted by Gasteiger charge is 2.30. The van der Waals surface area contributed by atoms with Crippen molar-refractivity contribution in [3.05, 3.63) is 0 Å². The van der Waals surface area contributed by atoms with Crippen LogP contribution in [-0.4, -0.2) is 77.0 Å². The van der Waals surface area contributed by atoms with Crippen LogP contribution in [0, 0.1) is 11.3 Å². The van der Waals surface area contributed by atoms with Crippen LogP contribution in [0.25, 0.3) is 0 Å². The average molecular weight is 407 g/mol. The normalized spacial score (nSPS) is 17.3. The molecule has 0 rings (SSSR count). The lowest BCUT2D eigenvalue weighted by atomic mass is 9.82. The first kappa shape index (κ1) is 26.7. The summed E-state index contributed by atoms with van der Waals surface area (Å²) < 4.78 is 4.85. The topological polar surface area (TPSA) is 148 Å². The Labute approximate surface area is 167 Å². The molecule has 0 saturated carbocycles. The lowest BCUT2D eigenvalue weighted by Gasteiger charge is -2.26. The highest BCUT2D eigenvalue weighted by atomic mass is 16.5. The first-order valence-electron chi connectivity index (χ1n) is 9.68. The predicted molar refractivity (Wildman–Crippen MR) is 104 cm³/mol. The third-order valence-corrected chi connectivity index (χ3v) is 4.41. The standard InChI is InChI=1S/C19H38N2O7/c1-6-13(22)16(25)17(26)14(23)10-20-15(24)8-7-12(9-19(2,3)4)18(27)21-11-28-5/h12-14,16-17,22-23,25-26H,6-11H2,1-5H3,(H,20,24)(H,21,27). The maximum absolute atomic E-state index is 12.3. The van der Waals surface area contributed by atoms with Crippen molar-refractivity contribution >= 4 is 11.8 Å². The van der Waals surface area contributed by atoms with Crippen molar-refractivity contribution in [3.63, 3.8) is 0 Å². The molecule has 2 amide bonds. The molecule has 0 aromatic carbocycles. The predicted octanol–water partition coefficient (Wildman–Crippen LogP) is -0.491. The van der Waals surface area contributed by atoms with Gasteiger partial charge in [0.2, 0.25) is 11.8 Å². The Morgan fingerprint density at radius 3 is 2.07 bits per heavy atom. The second kappa shape index (κ2) is 13.1. The van der Waals surface area contributed by atoms with Gasteiger partial charge < -0.3 is 35.8 Å². The minimum Gasteiger partial charge on any atom is -0.390 e. The van der Waals surface area contributed by atoms with Gasteiger partial charge in [0.1, 0.15) is 18.9 Å². The van der Waals surface area contributed by atoms with E-state index in [9.17, 15) is 30.0 Å². The van der Waals surface area contributed by atoms with E-state index < -0.39 is 24.4 Å². The molecular weight excluding hydrogens is 368 g/mol. The molecule has 6 N–H and O–H groups in total. The third-order valence-electron chi connectivity index (χ3n) is 4.41. The van der Waals surface area contributed by atoms with Crippen LogP contribution in [-0.2, 0) is 14.3 Å². The van der Waals surface area contributed by atoms with E-state index >= 15 is 0 Å². The Bertz CT molecular complexity index is 468. The monoisotopic (exact) mass is 406 g/mol. The van der Waals surface area contributed by atoms with Crippen LogP contribution in [0.5, 0.6) is 0 Å². The lowest BCUT2D eigenvalue weighted by Crippen LogP contribution is -2.48. The molecule has 9 nitrogen and oxygen atoms in total. The number of amides is 2. The molecule has 0 bridgehead atoms. The molecule has 0 fully saturated rings. The first-order valence-corrected chi connectivity index (χ1v) is 9.68. The summed E-state index contributed by atoms with van der Waals surface area (Å²) >= 11 is 0. The van der Waals surface area contributed by atoms with Crippen LogP contribution in [0.1, 0.15) is 53.4 Å². The Morgan fingerprint density at radius 1 is 1.00 bits per heavy atom. The van der Waals surface area contributed by atoms with Crippen LogP contribution in [0.15, 0.2) is 0 Å². The van der Waals surface area contributed by atoms with Gasteiger partial charge in [-0.25, -0.2) is 0 Å². The molecule has 0 aliphatic rings. The Balaban J connectivity index is 4.55. The molecule has 28 heavy (non-hydrogen) atoms. The van der Waals surface area contributed by atoms with Crippen molar-refractivity contribution in [2.24, 2.45) is 11.3 Å². The smallest absolute Gasteiger partial charge is 0.224 e. The molecule has 0 aliphatic carbocycles. The second-order valence-corrected chi connectivity index (χ2v) is 8.30. The average Bonchev–Trinajstić information content (AvgIpc) is 2.64. The number of methoxy groups -OCH3 is 1.